The van der Waals surface area contributed by atoms with Crippen LogP contribution in [0.1, 0.15) is 17.7 Å². The van der Waals surface area contributed by atoms with Crippen LogP contribution in [0.2, 0.25) is 0 Å². The van der Waals surface area contributed by atoms with E-state index < -0.39 is 0 Å². The maximum absolute atomic E-state index is 5.43. The maximum atomic E-state index is 5.43. The first kappa shape index (κ1) is 9.85. The predicted molar refractivity (Wildman–Crippen MR) is 54.3 cm³/mol. The summed E-state index contributed by atoms with van der Waals surface area (Å²) in [7, 11) is 0. The molecule has 0 saturated carbocycles. The van der Waals surface area contributed by atoms with Crippen molar-refractivity contribution in [3.8, 4) is 0 Å². The Hall–Kier alpha value is -1.24. The number of allylic oxidation sites excluding steroid dienone is 2. The number of hydrogen-bond acceptors (Lipinski definition) is 1. The average molecular weight is 175 g/mol. The van der Waals surface area contributed by atoms with Crippen molar-refractivity contribution in [1.29, 1.82) is 0 Å². The van der Waals surface area contributed by atoms with Crippen molar-refractivity contribution in [2.75, 3.05) is 0 Å². The minimum Gasteiger partial charge on any atom is -0.469 e. The maximum Gasteiger partial charge on any atom is 0.106 e. The Labute approximate surface area is 79.8 Å². The number of furan rings is 1. The lowest BCUT2D eigenvalue weighted by atomic mass is 10.0. The van der Waals surface area contributed by atoms with Gasteiger partial charge in [0, 0.05) is 6.42 Å². The molecule has 1 aromatic rings. The topological polar surface area (TPSA) is 13.1 Å². The third-order valence-corrected chi connectivity index (χ3v) is 2.22. The molecule has 1 atom stereocenters. The molecule has 69 valence electrons. The normalized spacial score (nSPS) is 12.4. The Bertz CT molecular complexity index is 275. The van der Waals surface area contributed by atoms with E-state index in [-0.39, 0.29) is 5.92 Å². The van der Waals surface area contributed by atoms with Gasteiger partial charge < -0.3 is 4.42 Å². The van der Waals surface area contributed by atoms with E-state index in [1.54, 1.807) is 12.3 Å². The van der Waals surface area contributed by atoms with E-state index in [0.717, 1.165) is 18.6 Å². The fraction of sp³-hybridized carbons (Fsp3) is 0.333. The Kier molecular flexibility index (Phi) is 3.56. The minimum absolute atomic E-state index is 0.282. The van der Waals surface area contributed by atoms with Crippen LogP contribution in [-0.4, -0.2) is 0 Å². The fourth-order valence-electron chi connectivity index (χ4n) is 1.25. The van der Waals surface area contributed by atoms with Crippen LogP contribution in [0.15, 0.2) is 35.5 Å². The third kappa shape index (κ3) is 2.62. The van der Waals surface area contributed by atoms with Gasteiger partial charge in [-0.25, -0.2) is 0 Å². The molecule has 0 amide bonds. The summed E-state index contributed by atoms with van der Waals surface area (Å²) in [6.07, 6.45) is 7.14. The Morgan fingerprint density at radius 2 is 2.46 bits per heavy atom. The van der Waals surface area contributed by atoms with Gasteiger partial charge in [0.1, 0.15) is 5.76 Å². The van der Waals surface area contributed by atoms with E-state index >= 15 is 0 Å². The van der Waals surface area contributed by atoms with Crippen LogP contribution in [0.4, 0.5) is 0 Å². The molecule has 0 saturated heterocycles. The second-order valence-electron chi connectivity index (χ2n) is 3.16. The molecule has 1 unspecified atom stereocenters. The van der Waals surface area contributed by atoms with Gasteiger partial charge >= 0.3 is 0 Å². The molecular formula is C12H15O. The smallest absolute Gasteiger partial charge is 0.106 e. The van der Waals surface area contributed by atoms with Crippen molar-refractivity contribution >= 4 is 0 Å². The molecule has 0 spiro atoms. The molecule has 1 rings (SSSR count). The van der Waals surface area contributed by atoms with Crippen LogP contribution in [0.25, 0.3) is 0 Å². The van der Waals surface area contributed by atoms with Crippen LogP contribution in [0.5, 0.6) is 0 Å². The van der Waals surface area contributed by atoms with E-state index in [4.69, 9.17) is 11.0 Å². The Morgan fingerprint density at radius 3 is 2.92 bits per heavy atom. The molecule has 0 N–H and O–H groups in total. The predicted octanol–water partition coefficient (Wildman–Crippen LogP) is 3.31. The summed E-state index contributed by atoms with van der Waals surface area (Å²) in [5, 5.41) is 0. The SMILES string of the molecule is [CH]=CC(C=C)CCc1occc1C. The van der Waals surface area contributed by atoms with Gasteiger partial charge in [0.25, 0.3) is 0 Å². The standard InChI is InChI=1S/C12H15O/c1-4-11(5-2)6-7-12-10(3)8-9-13-12/h1,4-5,8-9,11H,2,6-7H2,3H3. The van der Waals surface area contributed by atoms with Crippen molar-refractivity contribution in [1.82, 2.24) is 0 Å². The van der Waals surface area contributed by atoms with Crippen LogP contribution in [0, 0.1) is 19.4 Å². The van der Waals surface area contributed by atoms with E-state index in [9.17, 15) is 0 Å². The highest BCUT2D eigenvalue weighted by atomic mass is 16.3. The van der Waals surface area contributed by atoms with Crippen LogP contribution >= 0.6 is 0 Å². The Balaban J connectivity index is 2.47. The average Bonchev–Trinajstić information content (AvgIpc) is 2.54. The summed E-state index contributed by atoms with van der Waals surface area (Å²) in [5.41, 5.74) is 1.21. The van der Waals surface area contributed by atoms with Gasteiger partial charge in [0.15, 0.2) is 0 Å². The van der Waals surface area contributed by atoms with Crippen molar-refractivity contribution in [3.05, 3.63) is 49.0 Å². The molecule has 0 aliphatic carbocycles. The van der Waals surface area contributed by atoms with E-state index in [2.05, 4.69) is 6.58 Å². The Morgan fingerprint density at radius 1 is 1.69 bits per heavy atom. The number of hydrogen-bond donors (Lipinski definition) is 0. The zero-order valence-corrected chi connectivity index (χ0v) is 7.99. The van der Waals surface area contributed by atoms with Crippen LogP contribution in [-0.2, 0) is 6.42 Å². The molecule has 0 aliphatic heterocycles. The first-order chi connectivity index (χ1) is 6.27. The molecule has 0 fully saturated rings. The summed E-state index contributed by atoms with van der Waals surface area (Å²) in [6, 6.07) is 1.98. The van der Waals surface area contributed by atoms with Crippen molar-refractivity contribution in [2.45, 2.75) is 19.8 Å². The highest BCUT2D eigenvalue weighted by Gasteiger charge is 2.04. The van der Waals surface area contributed by atoms with Gasteiger partial charge in [-0.15, -0.1) is 6.58 Å². The molecule has 13 heavy (non-hydrogen) atoms. The quantitative estimate of drug-likeness (QED) is 0.626. The van der Waals surface area contributed by atoms with Crippen molar-refractivity contribution in [2.24, 2.45) is 5.92 Å². The van der Waals surface area contributed by atoms with Crippen molar-refractivity contribution in [3.63, 3.8) is 0 Å². The number of aryl methyl sites for hydroxylation is 2. The van der Waals surface area contributed by atoms with Gasteiger partial charge in [-0.1, -0.05) is 18.7 Å². The summed E-state index contributed by atoms with van der Waals surface area (Å²) in [5.74, 6) is 1.33. The lowest BCUT2D eigenvalue weighted by Gasteiger charge is -2.04. The molecule has 0 bridgehead atoms. The molecule has 1 heteroatoms. The van der Waals surface area contributed by atoms with Gasteiger partial charge in [-0.05, 0) is 30.9 Å². The molecule has 1 nitrogen and oxygen atoms in total. The zero-order chi connectivity index (χ0) is 9.68. The summed E-state index contributed by atoms with van der Waals surface area (Å²) in [6.45, 7) is 11.2. The zero-order valence-electron chi connectivity index (χ0n) is 7.99. The third-order valence-electron chi connectivity index (χ3n) is 2.22. The lowest BCUT2D eigenvalue weighted by molar-refractivity contribution is 0.490. The van der Waals surface area contributed by atoms with Crippen LogP contribution < -0.4 is 0 Å². The van der Waals surface area contributed by atoms with Gasteiger partial charge in [0.2, 0.25) is 0 Å². The lowest BCUT2D eigenvalue weighted by Crippen LogP contribution is -1.94. The minimum atomic E-state index is 0.282. The first-order valence-electron chi connectivity index (χ1n) is 4.48. The van der Waals surface area contributed by atoms with Crippen LogP contribution in [0.3, 0.4) is 0 Å². The molecule has 1 heterocycles. The molecule has 0 aliphatic rings. The summed E-state index contributed by atoms with van der Waals surface area (Å²) in [4.78, 5) is 0. The fourth-order valence-corrected chi connectivity index (χ4v) is 1.25. The molecule has 1 radical (unpaired) electrons. The van der Waals surface area contributed by atoms with E-state index in [1.165, 1.54) is 5.56 Å². The van der Waals surface area contributed by atoms with Gasteiger partial charge in [0.05, 0.1) is 6.26 Å². The highest BCUT2D eigenvalue weighted by molar-refractivity contribution is 5.14. The summed E-state index contributed by atoms with van der Waals surface area (Å²) >= 11 is 0. The van der Waals surface area contributed by atoms with Gasteiger partial charge in [-0.2, -0.15) is 0 Å². The number of rotatable bonds is 5. The highest BCUT2D eigenvalue weighted by Crippen LogP contribution is 2.15. The monoisotopic (exact) mass is 175 g/mol. The second kappa shape index (κ2) is 4.70. The van der Waals surface area contributed by atoms with E-state index in [0.29, 0.717) is 0 Å². The van der Waals surface area contributed by atoms with E-state index in [1.807, 2.05) is 19.1 Å². The molecule has 0 aromatic carbocycles. The second-order valence-corrected chi connectivity index (χ2v) is 3.16. The molecular weight excluding hydrogens is 160 g/mol. The molecule has 1 aromatic heterocycles. The largest absolute Gasteiger partial charge is 0.469 e. The summed E-state index contributed by atoms with van der Waals surface area (Å²) < 4.78 is 5.31. The first-order valence-corrected chi connectivity index (χ1v) is 4.48. The van der Waals surface area contributed by atoms with Crippen molar-refractivity contribution < 1.29 is 4.42 Å². The van der Waals surface area contributed by atoms with Gasteiger partial charge in [-0.3, -0.25) is 0 Å².